The van der Waals surface area contributed by atoms with Crippen molar-refractivity contribution in [1.29, 1.82) is 0 Å². The van der Waals surface area contributed by atoms with Crippen LogP contribution in [0.2, 0.25) is 0 Å². The Morgan fingerprint density at radius 2 is 1.55 bits per heavy atom. The van der Waals surface area contributed by atoms with Crippen LogP contribution >= 0.6 is 0 Å². The summed E-state index contributed by atoms with van der Waals surface area (Å²) in [5.74, 6) is -2.70. The van der Waals surface area contributed by atoms with E-state index >= 15 is 4.39 Å². The summed E-state index contributed by atoms with van der Waals surface area (Å²) in [6.45, 7) is 5.02. The molecule has 0 bridgehead atoms. The number of carbonyl (C=O) groups excluding carboxylic acids is 4. The lowest BCUT2D eigenvalue weighted by atomic mass is 9.89. The monoisotopic (exact) mass is 413 g/mol. The van der Waals surface area contributed by atoms with Gasteiger partial charge in [-0.1, -0.05) is 25.7 Å². The number of primary amides is 1. The zero-order valence-corrected chi connectivity index (χ0v) is 17.4. The fourth-order valence-corrected chi connectivity index (χ4v) is 4.18. The van der Waals surface area contributed by atoms with E-state index in [1.54, 1.807) is 20.8 Å². The molecular formula is C20H32FN3O5. The minimum absolute atomic E-state index is 0.223. The average Bonchev–Trinajstić information content (AvgIpc) is 3.22. The van der Waals surface area contributed by atoms with Gasteiger partial charge in [-0.2, -0.15) is 0 Å². The number of hydrogen-bond donors (Lipinski definition) is 3. The number of Topliss-reactive ketones (excluding diaryl/α,β-unsaturated/α-hetero) is 1. The van der Waals surface area contributed by atoms with Gasteiger partial charge in [-0.3, -0.25) is 14.4 Å². The van der Waals surface area contributed by atoms with Crippen molar-refractivity contribution in [1.82, 2.24) is 10.6 Å². The second kappa shape index (κ2) is 8.67. The van der Waals surface area contributed by atoms with Gasteiger partial charge in [0.25, 0.3) is 5.91 Å². The number of nitrogens with one attached hydrogen (secondary N) is 2. The minimum atomic E-state index is -1.58. The summed E-state index contributed by atoms with van der Waals surface area (Å²) >= 11 is 0. The second-order valence-electron chi connectivity index (χ2n) is 9.23. The van der Waals surface area contributed by atoms with Crippen LogP contribution in [0.25, 0.3) is 0 Å². The third kappa shape index (κ3) is 6.14. The Morgan fingerprint density at radius 3 is 2.03 bits per heavy atom. The highest BCUT2D eigenvalue weighted by Gasteiger charge is 2.47. The van der Waals surface area contributed by atoms with Crippen molar-refractivity contribution in [3.05, 3.63) is 0 Å². The molecule has 8 nitrogen and oxygen atoms in total. The first-order valence-electron chi connectivity index (χ1n) is 10.2. The Labute approximate surface area is 170 Å². The van der Waals surface area contributed by atoms with Crippen LogP contribution in [0.5, 0.6) is 0 Å². The van der Waals surface area contributed by atoms with Gasteiger partial charge >= 0.3 is 6.09 Å². The Balaban J connectivity index is 2.19. The van der Waals surface area contributed by atoms with Gasteiger partial charge in [-0.05, 0) is 46.5 Å². The first-order chi connectivity index (χ1) is 13.4. The maximum Gasteiger partial charge on any atom is 0.408 e. The van der Waals surface area contributed by atoms with Crippen LogP contribution in [0.1, 0.15) is 78.6 Å². The van der Waals surface area contributed by atoms with E-state index < -0.39 is 46.5 Å². The van der Waals surface area contributed by atoms with Crippen molar-refractivity contribution >= 4 is 23.7 Å². The van der Waals surface area contributed by atoms with Gasteiger partial charge in [0.2, 0.25) is 11.7 Å². The Hall–Kier alpha value is -2.19. The summed E-state index contributed by atoms with van der Waals surface area (Å²) in [5.41, 5.74) is 1.41. The van der Waals surface area contributed by atoms with Crippen molar-refractivity contribution in [3.8, 4) is 0 Å². The van der Waals surface area contributed by atoms with Crippen LogP contribution in [0.15, 0.2) is 0 Å². The molecule has 0 spiro atoms. The van der Waals surface area contributed by atoms with Crippen LogP contribution in [-0.4, -0.2) is 46.5 Å². The summed E-state index contributed by atoms with van der Waals surface area (Å²) in [6.07, 6.45) is 2.81. The number of nitrogens with two attached hydrogens (primary N) is 1. The molecule has 9 heteroatoms. The predicted molar refractivity (Wildman–Crippen MR) is 104 cm³/mol. The number of halogens is 1. The maximum atomic E-state index is 15.1. The van der Waals surface area contributed by atoms with Crippen molar-refractivity contribution in [3.63, 3.8) is 0 Å². The van der Waals surface area contributed by atoms with E-state index in [1.165, 1.54) is 0 Å². The maximum absolute atomic E-state index is 15.1. The van der Waals surface area contributed by atoms with Gasteiger partial charge in [-0.15, -0.1) is 0 Å². The molecule has 0 unspecified atom stereocenters. The molecule has 2 rings (SSSR count). The minimum Gasteiger partial charge on any atom is -0.444 e. The SMILES string of the molecule is CC(C)(C)OC(=O)N[C@@H](CC1(F)CCCC1)C(=O)NC1(C(=O)C(N)=O)CCCC1. The molecule has 0 radical (unpaired) electrons. The third-order valence-electron chi connectivity index (χ3n) is 5.56. The van der Waals surface area contributed by atoms with E-state index in [-0.39, 0.29) is 19.3 Å². The first kappa shape index (κ1) is 23.1. The molecule has 164 valence electrons. The van der Waals surface area contributed by atoms with Gasteiger partial charge in [0, 0.05) is 6.42 Å². The highest BCUT2D eigenvalue weighted by molar-refractivity contribution is 6.39. The lowest BCUT2D eigenvalue weighted by molar-refractivity contribution is -0.142. The summed E-state index contributed by atoms with van der Waals surface area (Å²) in [6, 6.07) is -1.23. The Morgan fingerprint density at radius 1 is 1.03 bits per heavy atom. The highest BCUT2D eigenvalue weighted by atomic mass is 19.1. The summed E-state index contributed by atoms with van der Waals surface area (Å²) < 4.78 is 20.3. The fourth-order valence-electron chi connectivity index (χ4n) is 4.18. The fraction of sp³-hybridized carbons (Fsp3) is 0.800. The summed E-state index contributed by atoms with van der Waals surface area (Å²) in [4.78, 5) is 49.1. The molecule has 3 amide bonds. The van der Waals surface area contributed by atoms with Crippen LogP contribution in [0.3, 0.4) is 0 Å². The lowest BCUT2D eigenvalue weighted by Gasteiger charge is -2.32. The summed E-state index contributed by atoms with van der Waals surface area (Å²) in [5, 5.41) is 5.05. The van der Waals surface area contributed by atoms with E-state index in [0.717, 1.165) is 0 Å². The van der Waals surface area contributed by atoms with Crippen molar-refractivity contribution < 1.29 is 28.3 Å². The average molecular weight is 413 g/mol. The van der Waals surface area contributed by atoms with E-state index in [2.05, 4.69) is 10.6 Å². The van der Waals surface area contributed by atoms with Crippen molar-refractivity contribution in [2.24, 2.45) is 5.73 Å². The molecule has 0 aromatic rings. The number of rotatable bonds is 7. The predicted octanol–water partition coefficient (Wildman–Crippen LogP) is 2.04. The van der Waals surface area contributed by atoms with Crippen molar-refractivity contribution in [2.45, 2.75) is 101 Å². The smallest absolute Gasteiger partial charge is 0.408 e. The van der Waals surface area contributed by atoms with E-state index in [4.69, 9.17) is 10.5 Å². The molecule has 2 aliphatic rings. The third-order valence-corrected chi connectivity index (χ3v) is 5.56. The molecule has 1 atom stereocenters. The topological polar surface area (TPSA) is 128 Å². The Bertz CT molecular complexity index is 662. The lowest BCUT2D eigenvalue weighted by Crippen LogP contribution is -2.61. The molecule has 0 heterocycles. The molecule has 2 fully saturated rings. The number of alkyl halides is 1. The van der Waals surface area contributed by atoms with E-state index in [1.807, 2.05) is 0 Å². The van der Waals surface area contributed by atoms with Gasteiger partial charge in [0.1, 0.15) is 22.9 Å². The van der Waals surface area contributed by atoms with Crippen LogP contribution in [-0.2, 0) is 19.1 Å². The van der Waals surface area contributed by atoms with E-state index in [0.29, 0.717) is 38.5 Å². The zero-order chi connectivity index (χ0) is 21.9. The first-order valence-corrected chi connectivity index (χ1v) is 10.2. The van der Waals surface area contributed by atoms with Crippen LogP contribution in [0, 0.1) is 0 Å². The largest absolute Gasteiger partial charge is 0.444 e. The number of ether oxygens (including phenoxy) is 1. The number of alkyl carbamates (subject to hydrolysis) is 1. The molecular weight excluding hydrogens is 381 g/mol. The quantitative estimate of drug-likeness (QED) is 0.550. The molecule has 0 aromatic heterocycles. The molecule has 29 heavy (non-hydrogen) atoms. The van der Waals surface area contributed by atoms with Gasteiger partial charge in [0.05, 0.1) is 0 Å². The number of amides is 3. The van der Waals surface area contributed by atoms with Crippen LogP contribution < -0.4 is 16.4 Å². The summed E-state index contributed by atoms with van der Waals surface area (Å²) in [7, 11) is 0. The molecule has 4 N–H and O–H groups in total. The second-order valence-corrected chi connectivity index (χ2v) is 9.23. The molecule has 0 aromatic carbocycles. The molecule has 0 saturated heterocycles. The molecule has 2 aliphatic carbocycles. The van der Waals surface area contributed by atoms with Crippen molar-refractivity contribution in [2.75, 3.05) is 0 Å². The number of ketones is 1. The zero-order valence-electron chi connectivity index (χ0n) is 17.4. The van der Waals surface area contributed by atoms with E-state index in [9.17, 15) is 19.2 Å². The molecule has 2 saturated carbocycles. The normalized spacial score (nSPS) is 21.2. The standard InChI is InChI=1S/C20H32FN3O5/c1-18(2,3)29-17(28)23-13(12-19(21)8-4-5-9-19)16(27)24-20(10-6-7-11-20)14(25)15(22)26/h13H,4-12H2,1-3H3,(H2,22,26)(H,23,28)(H,24,27)/t13-/m0/s1. The number of carbonyl (C=O) groups is 4. The van der Waals surface area contributed by atoms with Gasteiger partial charge in [0.15, 0.2) is 0 Å². The Kier molecular flexibility index (Phi) is 6.90. The number of hydrogen-bond acceptors (Lipinski definition) is 5. The highest BCUT2D eigenvalue weighted by Crippen LogP contribution is 2.37. The molecule has 0 aliphatic heterocycles. The van der Waals surface area contributed by atoms with Gasteiger partial charge in [-0.25, -0.2) is 9.18 Å². The van der Waals surface area contributed by atoms with Crippen LogP contribution in [0.4, 0.5) is 9.18 Å². The van der Waals surface area contributed by atoms with Gasteiger partial charge < -0.3 is 21.1 Å².